The number of aromatic nitrogens is 2. The number of nitrogens with one attached hydrogen (secondary N) is 1. The molecule has 1 aliphatic rings. The van der Waals surface area contributed by atoms with Crippen molar-refractivity contribution in [3.8, 4) is 6.07 Å². The average molecular weight is 528 g/mol. The van der Waals surface area contributed by atoms with Crippen LogP contribution in [0.15, 0.2) is 21.9 Å². The van der Waals surface area contributed by atoms with Crippen LogP contribution in [0.4, 0.5) is 0 Å². The lowest BCUT2D eigenvalue weighted by molar-refractivity contribution is -0.0907. The first-order valence-electron chi connectivity index (χ1n) is 7.52. The topological polar surface area (TPSA) is 268 Å². The lowest BCUT2D eigenvalue weighted by atomic mass is 9.99. The predicted octanol–water partition coefficient (Wildman–Crippen LogP) is -1.36. The Kier molecular flexibility index (Phi) is 7.54. The molecule has 0 aliphatic carbocycles. The summed E-state index contributed by atoms with van der Waals surface area (Å²) in [7, 11) is -17.1. The molecule has 0 saturated carbocycles. The Hall–Kier alpha value is -1.21. The van der Waals surface area contributed by atoms with Gasteiger partial charge in [0.2, 0.25) is 5.60 Å². The molecule has 1 aliphatic heterocycles. The van der Waals surface area contributed by atoms with Gasteiger partial charge in [0.05, 0.1) is 0 Å². The van der Waals surface area contributed by atoms with E-state index in [1.807, 2.05) is 4.98 Å². The van der Waals surface area contributed by atoms with Gasteiger partial charge in [-0.15, -0.1) is 11.6 Å². The smallest absolute Gasteiger partial charge is 0.387 e. The number of halogens is 1. The zero-order valence-corrected chi connectivity index (χ0v) is 18.1. The van der Waals surface area contributed by atoms with E-state index in [1.54, 1.807) is 0 Å². The molecule has 2 rings (SSSR count). The third-order valence-corrected chi connectivity index (χ3v) is 7.79. The van der Waals surface area contributed by atoms with Gasteiger partial charge < -0.3 is 29.4 Å². The summed E-state index contributed by atoms with van der Waals surface area (Å²) in [6.07, 6.45) is -2.62. The van der Waals surface area contributed by atoms with Gasteiger partial charge in [-0.25, -0.2) is 18.5 Å². The summed E-state index contributed by atoms with van der Waals surface area (Å²) < 4.78 is 51.1. The summed E-state index contributed by atoms with van der Waals surface area (Å²) >= 11 is 5.98. The highest BCUT2D eigenvalue weighted by atomic mass is 35.5. The highest BCUT2D eigenvalue weighted by molar-refractivity contribution is 7.66. The molecule has 6 atom stereocenters. The Morgan fingerprint density at radius 3 is 2.35 bits per heavy atom. The second kappa shape index (κ2) is 8.97. The van der Waals surface area contributed by atoms with Gasteiger partial charge in [0.15, 0.2) is 6.23 Å². The van der Waals surface area contributed by atoms with E-state index < -0.39 is 64.6 Å². The highest BCUT2D eigenvalue weighted by Crippen LogP contribution is 2.66. The Bertz CT molecular complexity index is 1140. The minimum Gasteiger partial charge on any atom is -0.387 e. The molecule has 0 amide bonds. The summed E-state index contributed by atoms with van der Waals surface area (Å²) in [4.78, 5) is 60.5. The first-order valence-corrected chi connectivity index (χ1v) is 12.5. The number of H-pyrrole nitrogens is 1. The van der Waals surface area contributed by atoms with Crippen LogP contribution in [-0.4, -0.2) is 57.9 Å². The number of aliphatic hydroxyl groups is 1. The molecule has 0 bridgehead atoms. The van der Waals surface area contributed by atoms with E-state index in [2.05, 4.69) is 13.1 Å². The standard InChI is InChI=1S/C10H13ClN3O14P3/c11-6-7(16)10(3-12,26-8(6)14-2-1-5(15)13-9(14)17)4-25-30(21,22)28-31(23,24)27-29(18,19)20/h1-2,6-8,16H,4H2,(H,21,22)(H,23,24)(H,13,15,17)(H2,18,19,20)/t6-,7+,8-,10-/m1/s1. The largest absolute Gasteiger partial charge is 0.490 e. The molecule has 31 heavy (non-hydrogen) atoms. The van der Waals surface area contributed by atoms with Crippen LogP contribution < -0.4 is 11.2 Å². The zero-order chi connectivity index (χ0) is 23.8. The van der Waals surface area contributed by atoms with Crippen LogP contribution in [0.25, 0.3) is 0 Å². The number of phosphoric ester groups is 1. The van der Waals surface area contributed by atoms with Crippen molar-refractivity contribution in [2.45, 2.75) is 23.3 Å². The molecule has 1 fully saturated rings. The van der Waals surface area contributed by atoms with E-state index in [0.29, 0.717) is 4.57 Å². The fraction of sp³-hybridized carbons (Fsp3) is 0.500. The molecular weight excluding hydrogens is 514 g/mol. The summed E-state index contributed by atoms with van der Waals surface area (Å²) in [5.41, 5.74) is -4.33. The summed E-state index contributed by atoms with van der Waals surface area (Å²) in [5, 5.41) is 18.1. The first-order chi connectivity index (χ1) is 14.0. The summed E-state index contributed by atoms with van der Waals surface area (Å²) in [6.45, 7) is -1.34. The van der Waals surface area contributed by atoms with Crippen molar-refractivity contribution in [1.29, 1.82) is 5.26 Å². The van der Waals surface area contributed by atoms with Crippen molar-refractivity contribution in [2.75, 3.05) is 6.61 Å². The van der Waals surface area contributed by atoms with Crippen molar-refractivity contribution >= 4 is 35.1 Å². The summed E-state index contributed by atoms with van der Waals surface area (Å²) in [5.74, 6) is 0. The third kappa shape index (κ3) is 6.41. The molecule has 17 nitrogen and oxygen atoms in total. The van der Waals surface area contributed by atoms with Crippen molar-refractivity contribution < 1.29 is 56.3 Å². The fourth-order valence-electron chi connectivity index (χ4n) is 2.33. The second-order valence-corrected chi connectivity index (χ2v) is 10.7. The summed E-state index contributed by atoms with van der Waals surface area (Å²) in [6, 6.07) is 2.32. The molecule has 2 heterocycles. The van der Waals surface area contributed by atoms with Crippen molar-refractivity contribution in [1.82, 2.24) is 9.55 Å². The van der Waals surface area contributed by atoms with Gasteiger partial charge in [-0.3, -0.25) is 18.9 Å². The van der Waals surface area contributed by atoms with E-state index in [4.69, 9.17) is 31.0 Å². The number of hydrogen-bond acceptors (Lipinski definition) is 11. The number of alkyl halides is 1. The Morgan fingerprint density at radius 2 is 1.84 bits per heavy atom. The lowest BCUT2D eigenvalue weighted by Crippen LogP contribution is -2.44. The predicted molar refractivity (Wildman–Crippen MR) is 95.3 cm³/mol. The van der Waals surface area contributed by atoms with Crippen molar-refractivity contribution in [3.05, 3.63) is 33.1 Å². The molecule has 6 N–H and O–H groups in total. The maximum atomic E-state index is 11.9. The minimum atomic E-state index is -5.82. The van der Waals surface area contributed by atoms with Crippen molar-refractivity contribution in [2.24, 2.45) is 0 Å². The number of phosphoric acid groups is 3. The van der Waals surface area contributed by atoms with Gasteiger partial charge in [-0.2, -0.15) is 13.9 Å². The molecular formula is C10H13ClN3O14P3. The molecule has 1 aromatic heterocycles. The van der Waals surface area contributed by atoms with E-state index in [-0.39, 0.29) is 0 Å². The number of aliphatic hydroxyl groups excluding tert-OH is 1. The number of nitrogens with zero attached hydrogens (tertiary/aromatic N) is 2. The Balaban J connectivity index is 2.22. The Morgan fingerprint density at radius 1 is 1.23 bits per heavy atom. The van der Waals surface area contributed by atoms with E-state index >= 15 is 0 Å². The van der Waals surface area contributed by atoms with Gasteiger partial charge >= 0.3 is 29.2 Å². The normalized spacial score (nSPS) is 30.3. The molecule has 0 spiro atoms. The van der Waals surface area contributed by atoms with Gasteiger partial charge in [0, 0.05) is 12.3 Å². The number of hydrogen-bond donors (Lipinski definition) is 6. The molecule has 21 heteroatoms. The van der Waals surface area contributed by atoms with Gasteiger partial charge in [-0.1, -0.05) is 0 Å². The quantitative estimate of drug-likeness (QED) is 0.168. The number of nitriles is 1. The van der Waals surface area contributed by atoms with Crippen LogP contribution in [0.1, 0.15) is 6.23 Å². The molecule has 1 saturated heterocycles. The average Bonchev–Trinajstić information content (AvgIpc) is 2.82. The maximum absolute atomic E-state index is 11.9. The molecule has 0 aromatic carbocycles. The van der Waals surface area contributed by atoms with E-state index in [9.17, 15) is 38.5 Å². The van der Waals surface area contributed by atoms with Crippen LogP contribution in [0, 0.1) is 11.3 Å². The van der Waals surface area contributed by atoms with Crippen LogP contribution in [-0.2, 0) is 31.6 Å². The molecule has 2 unspecified atom stereocenters. The van der Waals surface area contributed by atoms with Gasteiger partial charge in [-0.05, 0) is 0 Å². The second-order valence-electron chi connectivity index (χ2n) is 5.78. The monoisotopic (exact) mass is 527 g/mol. The molecule has 0 radical (unpaired) electrons. The van der Waals surface area contributed by atoms with Crippen LogP contribution in [0.2, 0.25) is 0 Å². The minimum absolute atomic E-state index is 0.701. The van der Waals surface area contributed by atoms with Gasteiger partial charge in [0.1, 0.15) is 24.2 Å². The van der Waals surface area contributed by atoms with Crippen LogP contribution in [0.3, 0.4) is 0 Å². The highest BCUT2D eigenvalue weighted by Gasteiger charge is 2.57. The van der Waals surface area contributed by atoms with Crippen molar-refractivity contribution in [3.63, 3.8) is 0 Å². The first kappa shape index (κ1) is 26.0. The SMILES string of the molecule is N#C[C@]1(COP(=O)(O)OP(=O)(O)OP(=O)(O)O)O[C@@H](n2ccc(=O)[nH]c2=O)[C@H](Cl)[C@@H]1O. The van der Waals surface area contributed by atoms with E-state index in [0.717, 1.165) is 12.3 Å². The maximum Gasteiger partial charge on any atom is 0.490 e. The van der Waals surface area contributed by atoms with Crippen LogP contribution in [0.5, 0.6) is 0 Å². The fourth-order valence-corrected chi connectivity index (χ4v) is 5.75. The molecule has 174 valence electrons. The Labute approximate surface area is 175 Å². The lowest BCUT2D eigenvalue weighted by Gasteiger charge is -2.25. The van der Waals surface area contributed by atoms with Gasteiger partial charge in [0.25, 0.3) is 5.56 Å². The third-order valence-electron chi connectivity index (χ3n) is 3.56. The number of aromatic amines is 1. The molecule has 1 aromatic rings. The van der Waals surface area contributed by atoms with E-state index in [1.165, 1.54) is 6.07 Å². The number of ether oxygens (including phenoxy) is 1. The zero-order valence-electron chi connectivity index (χ0n) is 14.6. The van der Waals surface area contributed by atoms with Crippen LogP contribution >= 0.6 is 35.1 Å². The number of rotatable bonds is 8.